The van der Waals surface area contributed by atoms with Crippen LogP contribution in [0.15, 0.2) is 169 Å². The van der Waals surface area contributed by atoms with Gasteiger partial charge in [0.2, 0.25) is 0 Å². The Morgan fingerprint density at radius 3 is 2.11 bits per heavy atom. The lowest BCUT2D eigenvalue weighted by Gasteiger charge is -2.45. The summed E-state index contributed by atoms with van der Waals surface area (Å²) in [5, 5.41) is 3.98. The second-order valence-electron chi connectivity index (χ2n) is 15.8. The van der Waals surface area contributed by atoms with E-state index in [1.165, 1.54) is 81.5 Å². The zero-order valence-corrected chi connectivity index (χ0v) is 31.6. The Labute approximate surface area is 324 Å². The fraction of sp³-hybridized carbons (Fsp3) is 0.137. The highest BCUT2D eigenvalue weighted by Gasteiger charge is 2.64. The first kappa shape index (κ1) is 30.3. The molecule has 4 atom stereocenters. The number of fused-ring (bicyclic) bond motifs is 19. The highest BCUT2D eigenvalue weighted by molar-refractivity contribution is 14.1. The summed E-state index contributed by atoms with van der Waals surface area (Å²) < 4.78 is 1.33. The maximum Gasteiger partial charge on any atom is 0.0722 e. The summed E-state index contributed by atoms with van der Waals surface area (Å²) in [5.41, 5.74) is 21.2. The van der Waals surface area contributed by atoms with Crippen LogP contribution in [-0.2, 0) is 10.8 Å². The predicted molar refractivity (Wildman–Crippen MR) is 227 cm³/mol. The summed E-state index contributed by atoms with van der Waals surface area (Å²) >= 11 is 2.60. The van der Waals surface area contributed by atoms with E-state index in [4.69, 9.17) is 0 Å². The van der Waals surface area contributed by atoms with E-state index in [1.54, 1.807) is 0 Å². The van der Waals surface area contributed by atoms with Gasteiger partial charge < -0.3 is 5.32 Å². The van der Waals surface area contributed by atoms with E-state index in [-0.39, 0.29) is 22.2 Å². The van der Waals surface area contributed by atoms with Crippen LogP contribution in [0.5, 0.6) is 0 Å². The lowest BCUT2D eigenvalue weighted by molar-refractivity contribution is 0.293. The molecule has 0 aromatic heterocycles. The van der Waals surface area contributed by atoms with E-state index in [9.17, 15) is 0 Å². The van der Waals surface area contributed by atoms with Crippen LogP contribution < -0.4 is 5.32 Å². The molecule has 0 fully saturated rings. The summed E-state index contributed by atoms with van der Waals surface area (Å²) in [7, 11) is 0. The first-order chi connectivity index (χ1) is 26.1. The Bertz CT molecular complexity index is 2760. The molecule has 6 aliphatic rings. The number of hydrogen-bond donors (Lipinski definition) is 1. The summed E-state index contributed by atoms with van der Waals surface area (Å²) in [4.78, 5) is 0. The van der Waals surface area contributed by atoms with Gasteiger partial charge in [-0.1, -0.05) is 140 Å². The molecule has 6 aliphatic carbocycles. The molecule has 0 heterocycles. The van der Waals surface area contributed by atoms with E-state index >= 15 is 0 Å². The van der Waals surface area contributed by atoms with Gasteiger partial charge in [0.05, 0.1) is 10.8 Å². The van der Waals surface area contributed by atoms with E-state index < -0.39 is 0 Å². The lowest BCUT2D eigenvalue weighted by Crippen LogP contribution is -2.42. The SMILES string of the molecule is CC12C=CC=CC1c1ccc(Nc3ccc4c(c3)C3(C5=C(CCC=C5)c5ccccc53)c3ccccc3-4)cc1C21c2ccccc2-c2cccc(I)c21. The molecule has 2 heteroatoms. The zero-order chi connectivity index (χ0) is 35.1. The van der Waals surface area contributed by atoms with Gasteiger partial charge >= 0.3 is 0 Å². The largest absolute Gasteiger partial charge is 0.356 e. The van der Waals surface area contributed by atoms with Crippen molar-refractivity contribution in [1.29, 1.82) is 0 Å². The molecule has 12 rings (SSSR count). The predicted octanol–water partition coefficient (Wildman–Crippen LogP) is 13.0. The van der Waals surface area contributed by atoms with Crippen LogP contribution in [0.3, 0.4) is 0 Å². The molecular weight excluding hydrogens is 753 g/mol. The van der Waals surface area contributed by atoms with Crippen molar-refractivity contribution in [3.05, 3.63) is 218 Å². The van der Waals surface area contributed by atoms with Gasteiger partial charge in [-0.2, -0.15) is 0 Å². The summed E-state index contributed by atoms with van der Waals surface area (Å²) in [6.45, 7) is 2.50. The molecule has 1 N–H and O–H groups in total. The first-order valence-electron chi connectivity index (χ1n) is 19.0. The summed E-state index contributed by atoms with van der Waals surface area (Å²) in [5.74, 6) is 0.276. The molecule has 6 aromatic rings. The molecule has 0 aliphatic heterocycles. The van der Waals surface area contributed by atoms with Crippen molar-refractivity contribution in [2.24, 2.45) is 5.41 Å². The van der Waals surface area contributed by atoms with Crippen molar-refractivity contribution in [3.63, 3.8) is 0 Å². The maximum absolute atomic E-state index is 3.98. The molecule has 4 unspecified atom stereocenters. The van der Waals surface area contributed by atoms with E-state index in [0.717, 1.165) is 24.2 Å². The number of anilines is 2. The quantitative estimate of drug-likeness (QED) is 0.172. The molecule has 252 valence electrons. The molecule has 53 heavy (non-hydrogen) atoms. The average molecular weight is 790 g/mol. The second kappa shape index (κ2) is 10.5. The van der Waals surface area contributed by atoms with Gasteiger partial charge in [0.15, 0.2) is 0 Å². The Morgan fingerprint density at radius 1 is 0.623 bits per heavy atom. The molecule has 6 aromatic carbocycles. The summed E-state index contributed by atoms with van der Waals surface area (Å²) in [6.07, 6.45) is 16.5. The van der Waals surface area contributed by atoms with Crippen molar-refractivity contribution in [1.82, 2.24) is 0 Å². The van der Waals surface area contributed by atoms with Gasteiger partial charge in [-0.25, -0.2) is 0 Å². The van der Waals surface area contributed by atoms with Crippen LogP contribution in [0.25, 0.3) is 27.8 Å². The van der Waals surface area contributed by atoms with E-state index in [0.29, 0.717) is 0 Å². The Kier molecular flexibility index (Phi) is 5.99. The minimum absolute atomic E-state index is 0.161. The van der Waals surface area contributed by atoms with Crippen molar-refractivity contribution in [3.8, 4) is 22.3 Å². The van der Waals surface area contributed by atoms with Gasteiger partial charge in [0, 0.05) is 26.3 Å². The fourth-order valence-corrected chi connectivity index (χ4v) is 12.7. The van der Waals surface area contributed by atoms with Crippen LogP contribution >= 0.6 is 22.6 Å². The average Bonchev–Trinajstić information content (AvgIpc) is 3.85. The molecular formula is C51H36IN. The molecule has 1 nitrogen and oxygen atoms in total. The molecule has 0 saturated heterocycles. The molecule has 0 amide bonds. The number of allylic oxidation sites excluding steroid dienone is 8. The van der Waals surface area contributed by atoms with Gasteiger partial charge in [0.25, 0.3) is 0 Å². The maximum atomic E-state index is 3.98. The smallest absolute Gasteiger partial charge is 0.0722 e. The Hall–Kier alpha value is -5.19. The molecule has 0 bridgehead atoms. The third-order valence-corrected chi connectivity index (χ3v) is 14.6. The van der Waals surface area contributed by atoms with Crippen molar-refractivity contribution in [2.45, 2.75) is 36.5 Å². The van der Waals surface area contributed by atoms with Gasteiger partial charge in [0.1, 0.15) is 0 Å². The van der Waals surface area contributed by atoms with E-state index in [1.807, 2.05) is 0 Å². The number of nitrogens with one attached hydrogen (secondary N) is 1. The monoisotopic (exact) mass is 789 g/mol. The van der Waals surface area contributed by atoms with Crippen LogP contribution in [0.4, 0.5) is 11.4 Å². The minimum Gasteiger partial charge on any atom is -0.356 e. The third kappa shape index (κ3) is 3.50. The third-order valence-electron chi connectivity index (χ3n) is 13.7. The fourth-order valence-electron chi connectivity index (χ4n) is 11.8. The van der Waals surface area contributed by atoms with Crippen LogP contribution in [0.1, 0.15) is 70.2 Å². The standard InChI is InChI=1S/C51H36IN/c1-49-28-11-10-18-40(49)39-27-25-32(30-46(39)51(49)44-22-9-5-16-36(44)38-17-12-23-47(52)48(38)51)53-31-24-26-37-35-15-4-8-21-43(35)50(45(37)29-31)41-19-6-2-13-33(41)34-14-3-7-20-42(34)50/h2,4-13,15-30,40,53H,3,14H2,1H3. The van der Waals surface area contributed by atoms with Crippen molar-refractivity contribution >= 4 is 39.5 Å². The van der Waals surface area contributed by atoms with Crippen molar-refractivity contribution < 1.29 is 0 Å². The summed E-state index contributed by atoms with van der Waals surface area (Å²) in [6, 6.07) is 48.7. The van der Waals surface area contributed by atoms with Crippen LogP contribution in [-0.4, -0.2) is 0 Å². The van der Waals surface area contributed by atoms with E-state index in [2.05, 4.69) is 199 Å². The van der Waals surface area contributed by atoms with Gasteiger partial charge in [-0.05, 0) is 144 Å². The van der Waals surface area contributed by atoms with Crippen LogP contribution in [0.2, 0.25) is 0 Å². The number of benzene rings is 6. The molecule has 0 radical (unpaired) electrons. The first-order valence-corrected chi connectivity index (χ1v) is 20.1. The molecule has 0 saturated carbocycles. The zero-order valence-electron chi connectivity index (χ0n) is 29.5. The number of halogens is 1. The van der Waals surface area contributed by atoms with Gasteiger partial charge in [-0.15, -0.1) is 0 Å². The number of rotatable bonds is 2. The molecule has 2 spiro atoms. The highest BCUT2D eigenvalue weighted by atomic mass is 127. The Balaban J connectivity index is 1.06. The normalized spacial score (nSPS) is 25.5. The minimum atomic E-state index is -0.316. The van der Waals surface area contributed by atoms with Crippen LogP contribution in [0, 0.1) is 8.99 Å². The van der Waals surface area contributed by atoms with Gasteiger partial charge in [-0.3, -0.25) is 0 Å². The highest BCUT2D eigenvalue weighted by Crippen LogP contribution is 2.72. The second-order valence-corrected chi connectivity index (χ2v) is 17.0. The van der Waals surface area contributed by atoms with Crippen molar-refractivity contribution in [2.75, 3.05) is 5.32 Å². The lowest BCUT2D eigenvalue weighted by atomic mass is 9.56. The topological polar surface area (TPSA) is 12.0 Å². The Morgan fingerprint density at radius 2 is 1.28 bits per heavy atom. The number of hydrogen-bond acceptors (Lipinski definition) is 1.